The Morgan fingerprint density at radius 1 is 0.792 bits per heavy atom. The smallest absolute Gasteiger partial charge is 0.184 e. The molecule has 1 aromatic rings. The monoisotopic (exact) mass is 654 g/mol. The SMILES string of the molecule is CC(C)=CCC/C(C)=C/C[C@H]1CC2(CC=C(C)C)C(=O)/C(=C(/O)c3cccc(O)c3)C(=O)C(CC=C(C)C)(C2=O)[C@]1(C)CCC=C(C)C. The maximum Gasteiger partial charge on any atom is 0.184 e. The van der Waals surface area contributed by atoms with Crippen LogP contribution in [0, 0.1) is 22.2 Å². The van der Waals surface area contributed by atoms with Crippen molar-refractivity contribution in [2.75, 3.05) is 0 Å². The fraction of sp³-hybridized carbons (Fsp3) is 0.512. The molecule has 2 bridgehead atoms. The molecule has 2 aliphatic rings. The van der Waals surface area contributed by atoms with Crippen molar-refractivity contribution >= 4 is 23.1 Å². The zero-order valence-corrected chi connectivity index (χ0v) is 31.0. The summed E-state index contributed by atoms with van der Waals surface area (Å²) >= 11 is 0. The molecule has 5 nitrogen and oxygen atoms in total. The Morgan fingerprint density at radius 2 is 1.38 bits per heavy atom. The van der Waals surface area contributed by atoms with Crippen LogP contribution in [0.25, 0.3) is 5.76 Å². The normalized spacial score (nSPS) is 26.5. The molecule has 4 atom stereocenters. The summed E-state index contributed by atoms with van der Waals surface area (Å²) in [6, 6.07) is 5.95. The van der Waals surface area contributed by atoms with Crippen molar-refractivity contribution < 1.29 is 24.6 Å². The molecule has 2 aliphatic carbocycles. The van der Waals surface area contributed by atoms with Crippen molar-refractivity contribution in [2.24, 2.45) is 22.2 Å². The largest absolute Gasteiger partial charge is 0.508 e. The first kappa shape index (κ1) is 38.7. The van der Waals surface area contributed by atoms with Crippen LogP contribution in [-0.2, 0) is 14.4 Å². The summed E-state index contributed by atoms with van der Waals surface area (Å²) in [5, 5.41) is 22.0. The van der Waals surface area contributed by atoms with Gasteiger partial charge in [0.1, 0.15) is 22.5 Å². The molecule has 5 heteroatoms. The molecule has 0 aromatic heterocycles. The van der Waals surface area contributed by atoms with Gasteiger partial charge in [-0.3, -0.25) is 14.4 Å². The standard InChI is InChI=1S/C43H58O5/c1-28(2)14-11-16-32(9)19-20-34-27-42(24-21-30(5)6)38(46)36(37(45)33-17-12-18-35(44)26-33)39(47)43(40(42)48,25-22-31(7)8)41(34,10)23-13-15-29(3)4/h12,14-15,17-19,21-22,26,34,44-45H,11,13,16,20,23-25,27H2,1-10H3/b32-19+,37-36-/t34-,41+,42?,43?/m0/s1. The molecule has 2 fully saturated rings. The summed E-state index contributed by atoms with van der Waals surface area (Å²) < 4.78 is 0. The number of benzene rings is 1. The number of hydrogen-bond acceptors (Lipinski definition) is 5. The van der Waals surface area contributed by atoms with E-state index in [1.54, 1.807) is 12.1 Å². The highest BCUT2D eigenvalue weighted by molar-refractivity contribution is 6.41. The minimum atomic E-state index is -1.57. The first-order chi connectivity index (χ1) is 22.4. The minimum Gasteiger partial charge on any atom is -0.508 e. The van der Waals surface area contributed by atoms with E-state index in [1.807, 2.05) is 53.7 Å². The molecule has 3 rings (SSSR count). The molecule has 0 heterocycles. The van der Waals surface area contributed by atoms with Crippen LogP contribution in [0.15, 0.2) is 88.1 Å². The molecule has 1 aromatic carbocycles. The summed E-state index contributed by atoms with van der Waals surface area (Å²) in [6.07, 6.45) is 14.9. The predicted octanol–water partition coefficient (Wildman–Crippen LogP) is 10.9. The first-order valence-corrected chi connectivity index (χ1v) is 17.5. The van der Waals surface area contributed by atoms with Gasteiger partial charge in [0, 0.05) is 5.56 Å². The lowest BCUT2D eigenvalue weighted by Gasteiger charge is -2.61. The highest BCUT2D eigenvalue weighted by Crippen LogP contribution is 2.67. The molecule has 2 N–H and O–H groups in total. The summed E-state index contributed by atoms with van der Waals surface area (Å²) in [5.41, 5.74) is 1.60. The third-order valence-corrected chi connectivity index (χ3v) is 10.7. The van der Waals surface area contributed by atoms with Crippen molar-refractivity contribution in [2.45, 2.75) is 121 Å². The number of aromatic hydroxyl groups is 1. The molecule has 2 unspecified atom stereocenters. The van der Waals surface area contributed by atoms with E-state index >= 15 is 9.59 Å². The molecule has 0 radical (unpaired) electrons. The van der Waals surface area contributed by atoms with Crippen LogP contribution in [0.1, 0.15) is 126 Å². The minimum absolute atomic E-state index is 0.0940. The van der Waals surface area contributed by atoms with Gasteiger partial charge in [-0.2, -0.15) is 0 Å². The average Bonchev–Trinajstić information content (AvgIpc) is 2.99. The van der Waals surface area contributed by atoms with Crippen molar-refractivity contribution in [1.29, 1.82) is 0 Å². The lowest BCUT2D eigenvalue weighted by molar-refractivity contribution is -0.178. The summed E-state index contributed by atoms with van der Waals surface area (Å²) in [7, 11) is 0. The molecule has 0 saturated heterocycles. The Labute approximate surface area is 289 Å². The highest BCUT2D eigenvalue weighted by Gasteiger charge is 2.74. The summed E-state index contributed by atoms with van der Waals surface area (Å²) in [5.74, 6) is -2.23. The zero-order valence-electron chi connectivity index (χ0n) is 31.0. The van der Waals surface area contributed by atoms with Crippen LogP contribution < -0.4 is 0 Å². The second-order valence-corrected chi connectivity index (χ2v) is 15.5. The Balaban J connectivity index is 2.43. The van der Waals surface area contributed by atoms with Gasteiger partial charge in [0.15, 0.2) is 17.3 Å². The Morgan fingerprint density at radius 3 is 1.96 bits per heavy atom. The number of phenolic OH excluding ortho intramolecular Hbond substituents is 1. The quantitative estimate of drug-likeness (QED) is 0.0726. The number of carbonyl (C=O) groups is 3. The van der Waals surface area contributed by atoms with Gasteiger partial charge in [0.25, 0.3) is 0 Å². The van der Waals surface area contributed by atoms with Gasteiger partial charge in [-0.25, -0.2) is 0 Å². The molecular formula is C43H58O5. The van der Waals surface area contributed by atoms with E-state index in [9.17, 15) is 15.0 Å². The molecule has 0 aliphatic heterocycles. The molecule has 0 spiro atoms. The van der Waals surface area contributed by atoms with Crippen LogP contribution in [0.3, 0.4) is 0 Å². The van der Waals surface area contributed by atoms with Gasteiger partial charge < -0.3 is 10.2 Å². The van der Waals surface area contributed by atoms with Crippen LogP contribution in [0.5, 0.6) is 5.75 Å². The number of aliphatic hydroxyl groups excluding tert-OH is 1. The number of hydrogen-bond donors (Lipinski definition) is 2. The fourth-order valence-electron chi connectivity index (χ4n) is 7.76. The third-order valence-electron chi connectivity index (χ3n) is 10.7. The van der Waals surface area contributed by atoms with E-state index in [0.717, 1.165) is 29.6 Å². The zero-order chi connectivity index (χ0) is 36.0. The number of ketones is 3. The third kappa shape index (κ3) is 7.77. The molecule has 48 heavy (non-hydrogen) atoms. The lowest BCUT2D eigenvalue weighted by atomic mass is 9.37. The van der Waals surface area contributed by atoms with E-state index in [1.165, 1.54) is 23.3 Å². The average molecular weight is 655 g/mol. The number of fused-ring (bicyclic) bond motifs is 2. The maximum atomic E-state index is 15.4. The van der Waals surface area contributed by atoms with Crippen molar-refractivity contribution in [3.8, 4) is 5.75 Å². The van der Waals surface area contributed by atoms with Crippen molar-refractivity contribution in [3.63, 3.8) is 0 Å². The fourth-order valence-corrected chi connectivity index (χ4v) is 7.76. The highest BCUT2D eigenvalue weighted by atomic mass is 16.3. The lowest BCUT2D eigenvalue weighted by Crippen LogP contribution is -2.70. The number of allylic oxidation sites excluding steroid dienone is 11. The van der Waals surface area contributed by atoms with E-state index < -0.39 is 33.6 Å². The van der Waals surface area contributed by atoms with Crippen LogP contribution in [0.2, 0.25) is 0 Å². The van der Waals surface area contributed by atoms with Gasteiger partial charge in [0.05, 0.1) is 5.41 Å². The van der Waals surface area contributed by atoms with Crippen LogP contribution >= 0.6 is 0 Å². The first-order valence-electron chi connectivity index (χ1n) is 17.5. The van der Waals surface area contributed by atoms with Gasteiger partial charge in [-0.05, 0) is 137 Å². The number of Topliss-reactive ketones (excluding diaryl/α,β-unsaturated/α-hetero) is 3. The predicted molar refractivity (Wildman–Crippen MR) is 198 cm³/mol. The Bertz CT molecular complexity index is 1590. The molecular weight excluding hydrogens is 596 g/mol. The van der Waals surface area contributed by atoms with Crippen LogP contribution in [-0.4, -0.2) is 27.6 Å². The number of aliphatic hydroxyl groups is 1. The topological polar surface area (TPSA) is 91.7 Å². The van der Waals surface area contributed by atoms with E-state index in [0.29, 0.717) is 19.3 Å². The second-order valence-electron chi connectivity index (χ2n) is 15.5. The molecule has 2 saturated carbocycles. The van der Waals surface area contributed by atoms with Crippen LogP contribution in [0.4, 0.5) is 0 Å². The number of rotatable bonds is 13. The van der Waals surface area contributed by atoms with E-state index in [2.05, 4.69) is 45.9 Å². The Kier molecular flexibility index (Phi) is 12.6. The van der Waals surface area contributed by atoms with Gasteiger partial charge in [-0.15, -0.1) is 0 Å². The summed E-state index contributed by atoms with van der Waals surface area (Å²) in [6.45, 7) is 20.3. The molecule has 0 amide bonds. The van der Waals surface area contributed by atoms with E-state index in [-0.39, 0.29) is 47.8 Å². The Hall–Kier alpha value is -3.73. The number of carbonyl (C=O) groups excluding carboxylic acids is 3. The maximum absolute atomic E-state index is 15.4. The second kappa shape index (κ2) is 15.7. The van der Waals surface area contributed by atoms with Gasteiger partial charge in [0.2, 0.25) is 0 Å². The van der Waals surface area contributed by atoms with Gasteiger partial charge >= 0.3 is 0 Å². The van der Waals surface area contributed by atoms with Crippen molar-refractivity contribution in [1.82, 2.24) is 0 Å². The number of phenols is 1. The van der Waals surface area contributed by atoms with E-state index in [4.69, 9.17) is 0 Å². The van der Waals surface area contributed by atoms with Gasteiger partial charge in [-0.1, -0.05) is 77.3 Å². The molecule has 260 valence electrons. The van der Waals surface area contributed by atoms with Crippen molar-refractivity contribution in [3.05, 3.63) is 93.6 Å². The summed E-state index contributed by atoms with van der Waals surface area (Å²) in [4.78, 5) is 45.5.